The van der Waals surface area contributed by atoms with Crippen molar-refractivity contribution in [2.75, 3.05) is 11.5 Å². The summed E-state index contributed by atoms with van der Waals surface area (Å²) in [7, 11) is -1.78. The van der Waals surface area contributed by atoms with Gasteiger partial charge in [0.05, 0.1) is 0 Å². The molecule has 34 heavy (non-hydrogen) atoms. The maximum Gasteiger partial charge on any atom is 0.332 e. The lowest BCUT2D eigenvalue weighted by Gasteiger charge is -2.19. The number of thioether (sulfide) groups is 2. The third-order valence-corrected chi connectivity index (χ3v) is 9.64. The van der Waals surface area contributed by atoms with E-state index in [9.17, 15) is 4.89 Å². The second-order valence-electron chi connectivity index (χ2n) is 9.69. The molecular formula is C28H59O3PS2. The van der Waals surface area contributed by atoms with Crippen molar-refractivity contribution in [1.29, 1.82) is 0 Å². The van der Waals surface area contributed by atoms with E-state index >= 15 is 0 Å². The van der Waals surface area contributed by atoms with Gasteiger partial charge in [-0.3, -0.25) is 9.05 Å². The first-order valence-corrected chi connectivity index (χ1v) is 17.9. The molecule has 0 aliphatic rings. The standard InChI is InChI=1S/C28H59O3PS2/c1-5-7-9-11-13-15-17-19-21-23-25-33-27(3)30-32(29)31-28(4)34-26-24-22-20-18-16-14-12-10-8-6-2/h27-29H,5-26H2,1-4H3. The third-order valence-electron chi connectivity index (χ3n) is 6.18. The fourth-order valence-corrected chi connectivity index (χ4v) is 6.91. The van der Waals surface area contributed by atoms with Gasteiger partial charge in [-0.1, -0.05) is 129 Å². The van der Waals surface area contributed by atoms with Gasteiger partial charge in [0, 0.05) is 0 Å². The van der Waals surface area contributed by atoms with Gasteiger partial charge in [0.25, 0.3) is 0 Å². The predicted octanol–water partition coefficient (Wildman–Crippen LogP) is 11.2. The lowest BCUT2D eigenvalue weighted by molar-refractivity contribution is 0.190. The zero-order valence-corrected chi connectivity index (χ0v) is 25.8. The summed E-state index contributed by atoms with van der Waals surface area (Å²) in [5.74, 6) is 2.20. The minimum Gasteiger partial charge on any atom is -0.328 e. The Balaban J connectivity index is 3.43. The Morgan fingerprint density at radius 2 is 0.765 bits per heavy atom. The van der Waals surface area contributed by atoms with E-state index in [0.29, 0.717) is 0 Å². The van der Waals surface area contributed by atoms with Gasteiger partial charge < -0.3 is 4.89 Å². The van der Waals surface area contributed by atoms with Crippen LogP contribution in [0.4, 0.5) is 0 Å². The molecule has 0 heterocycles. The highest BCUT2D eigenvalue weighted by Crippen LogP contribution is 2.40. The fourth-order valence-electron chi connectivity index (χ4n) is 4.02. The average molecular weight is 539 g/mol. The molecule has 0 radical (unpaired) electrons. The lowest BCUT2D eigenvalue weighted by atomic mass is 10.1. The van der Waals surface area contributed by atoms with Crippen molar-refractivity contribution in [3.8, 4) is 0 Å². The molecule has 0 rings (SSSR count). The molecule has 0 aliphatic heterocycles. The molecule has 206 valence electrons. The Morgan fingerprint density at radius 3 is 1.06 bits per heavy atom. The molecular weight excluding hydrogens is 479 g/mol. The molecule has 0 saturated heterocycles. The van der Waals surface area contributed by atoms with E-state index in [-0.39, 0.29) is 10.9 Å². The molecule has 0 amide bonds. The Morgan fingerprint density at radius 1 is 0.500 bits per heavy atom. The van der Waals surface area contributed by atoms with Gasteiger partial charge in [-0.25, -0.2) is 0 Å². The van der Waals surface area contributed by atoms with E-state index in [2.05, 4.69) is 13.8 Å². The van der Waals surface area contributed by atoms with Crippen molar-refractivity contribution in [2.45, 2.75) is 167 Å². The predicted molar refractivity (Wildman–Crippen MR) is 159 cm³/mol. The number of hydrogen-bond acceptors (Lipinski definition) is 5. The molecule has 3 nitrogen and oxygen atoms in total. The van der Waals surface area contributed by atoms with Crippen LogP contribution >= 0.6 is 32.1 Å². The first-order chi connectivity index (χ1) is 16.6. The van der Waals surface area contributed by atoms with Crippen LogP contribution in [0.25, 0.3) is 0 Å². The summed E-state index contributed by atoms with van der Waals surface area (Å²) < 4.78 is 11.3. The van der Waals surface area contributed by atoms with Crippen molar-refractivity contribution in [3.05, 3.63) is 0 Å². The van der Waals surface area contributed by atoms with E-state index in [1.165, 1.54) is 128 Å². The quantitative estimate of drug-likeness (QED) is 0.0609. The summed E-state index contributed by atoms with van der Waals surface area (Å²) in [5.41, 5.74) is -0.0114. The largest absolute Gasteiger partial charge is 0.332 e. The van der Waals surface area contributed by atoms with Crippen LogP contribution < -0.4 is 0 Å². The van der Waals surface area contributed by atoms with Crippen molar-refractivity contribution in [2.24, 2.45) is 0 Å². The molecule has 6 heteroatoms. The van der Waals surface area contributed by atoms with E-state index < -0.39 is 8.60 Å². The van der Waals surface area contributed by atoms with Crippen LogP contribution in [0.15, 0.2) is 0 Å². The minimum absolute atomic E-state index is 0.00570. The summed E-state index contributed by atoms with van der Waals surface area (Å²) >= 11 is 3.58. The van der Waals surface area contributed by atoms with E-state index in [1.54, 1.807) is 23.5 Å². The number of rotatable bonds is 28. The van der Waals surface area contributed by atoms with Gasteiger partial charge in [0.15, 0.2) is 0 Å². The molecule has 0 aromatic rings. The summed E-state index contributed by atoms with van der Waals surface area (Å²) in [6.07, 6.45) is 27.3. The monoisotopic (exact) mass is 538 g/mol. The van der Waals surface area contributed by atoms with Gasteiger partial charge in [0.2, 0.25) is 0 Å². The first-order valence-electron chi connectivity index (χ1n) is 14.7. The SMILES string of the molecule is CCCCCCCCCCCCSC(C)OP(O)OC(C)SCCCCCCCCCCCC. The molecule has 0 aliphatic carbocycles. The lowest BCUT2D eigenvalue weighted by Crippen LogP contribution is -2.06. The summed E-state index contributed by atoms with van der Waals surface area (Å²) in [6, 6.07) is 0. The van der Waals surface area contributed by atoms with Crippen molar-refractivity contribution < 1.29 is 13.9 Å². The van der Waals surface area contributed by atoms with Gasteiger partial charge in [-0.2, -0.15) is 0 Å². The van der Waals surface area contributed by atoms with Gasteiger partial charge in [-0.15, -0.1) is 23.5 Å². The van der Waals surface area contributed by atoms with Crippen molar-refractivity contribution in [3.63, 3.8) is 0 Å². The molecule has 0 aromatic heterocycles. The fraction of sp³-hybridized carbons (Fsp3) is 1.00. The second-order valence-corrected chi connectivity index (χ2v) is 13.4. The molecule has 0 spiro atoms. The van der Waals surface area contributed by atoms with Gasteiger partial charge in [0.1, 0.15) is 10.9 Å². The zero-order valence-electron chi connectivity index (χ0n) is 23.2. The summed E-state index contributed by atoms with van der Waals surface area (Å²) in [4.78, 5) is 10.1. The molecule has 2 atom stereocenters. The Bertz CT molecular complexity index is 357. The van der Waals surface area contributed by atoms with Crippen LogP contribution in [-0.4, -0.2) is 27.3 Å². The van der Waals surface area contributed by atoms with Crippen LogP contribution in [0, 0.1) is 0 Å². The topological polar surface area (TPSA) is 38.7 Å². The number of unbranched alkanes of at least 4 members (excludes halogenated alkanes) is 18. The van der Waals surface area contributed by atoms with Crippen molar-refractivity contribution >= 4 is 32.1 Å². The average Bonchev–Trinajstić information content (AvgIpc) is 2.80. The molecule has 0 fully saturated rings. The van der Waals surface area contributed by atoms with Crippen LogP contribution in [0.5, 0.6) is 0 Å². The molecule has 1 N–H and O–H groups in total. The van der Waals surface area contributed by atoms with Crippen LogP contribution in [0.1, 0.15) is 156 Å². The Hall–Kier alpha value is 1.01. The highest BCUT2D eigenvalue weighted by atomic mass is 32.2. The maximum absolute atomic E-state index is 10.1. The first kappa shape index (κ1) is 35.0. The third kappa shape index (κ3) is 27.6. The number of hydrogen-bond donors (Lipinski definition) is 1. The van der Waals surface area contributed by atoms with E-state index in [1.807, 2.05) is 13.8 Å². The second kappa shape index (κ2) is 28.6. The highest BCUT2D eigenvalue weighted by molar-refractivity contribution is 8.00. The maximum atomic E-state index is 10.1. The Labute approximate surface area is 224 Å². The highest BCUT2D eigenvalue weighted by Gasteiger charge is 2.16. The van der Waals surface area contributed by atoms with Crippen LogP contribution in [-0.2, 0) is 9.05 Å². The smallest absolute Gasteiger partial charge is 0.328 e. The van der Waals surface area contributed by atoms with E-state index in [0.717, 1.165) is 11.5 Å². The zero-order chi connectivity index (χ0) is 25.1. The molecule has 0 aromatic carbocycles. The van der Waals surface area contributed by atoms with Crippen LogP contribution in [0.2, 0.25) is 0 Å². The normalized spacial score (nSPS) is 14.4. The molecule has 0 bridgehead atoms. The summed E-state index contributed by atoms with van der Waals surface area (Å²) in [5, 5.41) is 0. The summed E-state index contributed by atoms with van der Waals surface area (Å²) in [6.45, 7) is 8.60. The van der Waals surface area contributed by atoms with Crippen LogP contribution in [0.3, 0.4) is 0 Å². The van der Waals surface area contributed by atoms with Gasteiger partial charge >= 0.3 is 8.60 Å². The van der Waals surface area contributed by atoms with E-state index in [4.69, 9.17) is 9.05 Å². The van der Waals surface area contributed by atoms with Gasteiger partial charge in [-0.05, 0) is 38.2 Å². The minimum atomic E-state index is -1.78. The molecule has 0 saturated carbocycles. The Kier molecular flexibility index (Phi) is 29.4. The van der Waals surface area contributed by atoms with Crippen molar-refractivity contribution in [1.82, 2.24) is 0 Å². The molecule has 2 unspecified atom stereocenters.